The fraction of sp³-hybridized carbons (Fsp3) is 0.455. The van der Waals surface area contributed by atoms with E-state index < -0.39 is 0 Å². The molecule has 0 amide bonds. The van der Waals surface area contributed by atoms with Gasteiger partial charge in [0.1, 0.15) is 5.76 Å². The smallest absolute Gasteiger partial charge is 0.122 e. The molecule has 0 aromatic heterocycles. The number of allylic oxidation sites excluding steroid dienone is 4. The Hall–Kier alpha value is -0.980. The molecule has 1 aliphatic rings. The minimum absolute atomic E-state index is 0.844. The molecule has 12 heavy (non-hydrogen) atoms. The van der Waals surface area contributed by atoms with Crippen LogP contribution in [0.1, 0.15) is 26.2 Å². The van der Waals surface area contributed by atoms with E-state index in [1.54, 1.807) is 6.08 Å². The van der Waals surface area contributed by atoms with E-state index in [-0.39, 0.29) is 0 Å². The van der Waals surface area contributed by atoms with Crippen LogP contribution in [0.5, 0.6) is 0 Å². The molecule has 0 unspecified atom stereocenters. The quantitative estimate of drug-likeness (QED) is 0.578. The van der Waals surface area contributed by atoms with Crippen LogP contribution >= 0.6 is 0 Å². The molecule has 1 heteroatoms. The first-order valence-corrected chi connectivity index (χ1v) is 4.49. The van der Waals surface area contributed by atoms with E-state index in [1.807, 2.05) is 6.08 Å². The largest absolute Gasteiger partial charge is 0.493 e. The average molecular weight is 164 g/mol. The van der Waals surface area contributed by atoms with E-state index in [1.165, 1.54) is 12.0 Å². The summed E-state index contributed by atoms with van der Waals surface area (Å²) in [5, 5.41) is 0. The van der Waals surface area contributed by atoms with Crippen molar-refractivity contribution in [3.8, 4) is 0 Å². The molecule has 1 aliphatic heterocycles. The zero-order valence-electron chi connectivity index (χ0n) is 7.68. The van der Waals surface area contributed by atoms with E-state index in [0.717, 1.165) is 25.2 Å². The van der Waals surface area contributed by atoms with Crippen LogP contribution < -0.4 is 0 Å². The molecule has 0 spiro atoms. The van der Waals surface area contributed by atoms with Gasteiger partial charge in [-0.1, -0.05) is 18.7 Å². The molecule has 0 N–H and O–H groups in total. The minimum atomic E-state index is 0.844. The Labute approximate surface area is 74.4 Å². The number of hydrogen-bond acceptors (Lipinski definition) is 1. The predicted molar refractivity (Wildman–Crippen MR) is 51.8 cm³/mol. The molecule has 0 radical (unpaired) electrons. The van der Waals surface area contributed by atoms with E-state index in [4.69, 9.17) is 4.74 Å². The van der Waals surface area contributed by atoms with Crippen LogP contribution in [-0.4, -0.2) is 6.61 Å². The van der Waals surface area contributed by atoms with E-state index >= 15 is 0 Å². The first-order chi connectivity index (χ1) is 5.88. The lowest BCUT2D eigenvalue weighted by Crippen LogP contribution is -1.92. The maximum absolute atomic E-state index is 5.57. The second-order valence-electron chi connectivity index (χ2n) is 2.89. The van der Waals surface area contributed by atoms with Crippen molar-refractivity contribution in [3.05, 3.63) is 36.1 Å². The zero-order chi connectivity index (χ0) is 8.81. The zero-order valence-corrected chi connectivity index (χ0v) is 7.68. The van der Waals surface area contributed by atoms with E-state index in [9.17, 15) is 0 Å². The summed E-state index contributed by atoms with van der Waals surface area (Å²) in [4.78, 5) is 0. The Morgan fingerprint density at radius 2 is 2.25 bits per heavy atom. The standard InChI is InChI=1S/C11H16O/c1-3-7-11-10(4-2)8-5-6-9-12-11/h3-4,7H,1,5-6,8-9H2,2H3. The van der Waals surface area contributed by atoms with Crippen molar-refractivity contribution in [2.75, 3.05) is 6.61 Å². The van der Waals surface area contributed by atoms with Crippen molar-refractivity contribution in [1.82, 2.24) is 0 Å². The lowest BCUT2D eigenvalue weighted by atomic mass is 10.1. The molecule has 1 heterocycles. The Kier molecular flexibility index (Phi) is 3.65. The van der Waals surface area contributed by atoms with Crippen molar-refractivity contribution in [2.24, 2.45) is 0 Å². The van der Waals surface area contributed by atoms with Crippen molar-refractivity contribution < 1.29 is 4.74 Å². The molecular formula is C11H16O. The summed E-state index contributed by atoms with van der Waals surface area (Å²) in [6.45, 7) is 6.57. The fourth-order valence-corrected chi connectivity index (χ4v) is 1.36. The molecule has 0 bridgehead atoms. The van der Waals surface area contributed by atoms with Crippen LogP contribution in [0.4, 0.5) is 0 Å². The molecule has 66 valence electrons. The van der Waals surface area contributed by atoms with Crippen LogP contribution in [0.25, 0.3) is 0 Å². The number of hydrogen-bond donors (Lipinski definition) is 0. The van der Waals surface area contributed by atoms with Crippen molar-refractivity contribution in [2.45, 2.75) is 26.2 Å². The van der Waals surface area contributed by atoms with Crippen molar-refractivity contribution in [1.29, 1.82) is 0 Å². The van der Waals surface area contributed by atoms with Gasteiger partial charge in [0.2, 0.25) is 0 Å². The van der Waals surface area contributed by atoms with E-state index in [0.29, 0.717) is 0 Å². The summed E-state index contributed by atoms with van der Waals surface area (Å²) in [6.07, 6.45) is 9.38. The number of ether oxygens (including phenoxy) is 1. The summed E-state index contributed by atoms with van der Waals surface area (Å²) < 4.78 is 5.57. The van der Waals surface area contributed by atoms with Crippen LogP contribution in [-0.2, 0) is 4.74 Å². The minimum Gasteiger partial charge on any atom is -0.493 e. The highest BCUT2D eigenvalue weighted by atomic mass is 16.5. The van der Waals surface area contributed by atoms with Crippen LogP contribution in [0, 0.1) is 0 Å². The molecular weight excluding hydrogens is 148 g/mol. The van der Waals surface area contributed by atoms with Gasteiger partial charge in [-0.25, -0.2) is 0 Å². The fourth-order valence-electron chi connectivity index (χ4n) is 1.36. The normalized spacial score (nSPS) is 25.1. The maximum atomic E-state index is 5.57. The Morgan fingerprint density at radius 3 is 2.92 bits per heavy atom. The van der Waals surface area contributed by atoms with E-state index in [2.05, 4.69) is 19.6 Å². The summed E-state index contributed by atoms with van der Waals surface area (Å²) in [5.74, 6) is 1.00. The maximum Gasteiger partial charge on any atom is 0.122 e. The first kappa shape index (κ1) is 9.11. The summed E-state index contributed by atoms with van der Waals surface area (Å²) in [7, 11) is 0. The van der Waals surface area contributed by atoms with Gasteiger partial charge in [-0.15, -0.1) is 0 Å². The molecule has 1 rings (SSSR count). The Balaban J connectivity index is 2.78. The Bertz CT molecular complexity index is 211. The molecule has 0 aromatic rings. The second-order valence-corrected chi connectivity index (χ2v) is 2.89. The molecule has 1 fully saturated rings. The SMILES string of the molecule is C=CC=C1OCCCCC1=CC. The molecule has 0 aliphatic carbocycles. The van der Waals surface area contributed by atoms with Gasteiger partial charge >= 0.3 is 0 Å². The predicted octanol–water partition coefficient (Wildman–Crippen LogP) is 3.20. The molecule has 0 aromatic carbocycles. The second kappa shape index (κ2) is 4.81. The highest BCUT2D eigenvalue weighted by molar-refractivity contribution is 5.28. The Morgan fingerprint density at radius 1 is 1.42 bits per heavy atom. The van der Waals surface area contributed by atoms with Gasteiger partial charge in [0, 0.05) is 0 Å². The van der Waals surface area contributed by atoms with Gasteiger partial charge in [-0.3, -0.25) is 0 Å². The third-order valence-electron chi connectivity index (χ3n) is 2.03. The highest BCUT2D eigenvalue weighted by Gasteiger charge is 2.08. The first-order valence-electron chi connectivity index (χ1n) is 4.49. The average Bonchev–Trinajstić information content (AvgIpc) is 2.30. The molecule has 0 saturated carbocycles. The van der Waals surface area contributed by atoms with Crippen LogP contribution in [0.15, 0.2) is 36.1 Å². The summed E-state index contributed by atoms with van der Waals surface area (Å²) >= 11 is 0. The van der Waals surface area contributed by atoms with Gasteiger partial charge in [0.25, 0.3) is 0 Å². The molecule has 1 saturated heterocycles. The van der Waals surface area contributed by atoms with Crippen LogP contribution in [0.3, 0.4) is 0 Å². The summed E-state index contributed by atoms with van der Waals surface area (Å²) in [5.41, 5.74) is 1.31. The monoisotopic (exact) mass is 164 g/mol. The van der Waals surface area contributed by atoms with Gasteiger partial charge in [0.15, 0.2) is 0 Å². The topological polar surface area (TPSA) is 9.23 Å². The van der Waals surface area contributed by atoms with Gasteiger partial charge in [0.05, 0.1) is 6.61 Å². The van der Waals surface area contributed by atoms with Gasteiger partial charge in [-0.2, -0.15) is 0 Å². The lowest BCUT2D eigenvalue weighted by Gasteiger charge is -2.07. The van der Waals surface area contributed by atoms with Crippen LogP contribution in [0.2, 0.25) is 0 Å². The van der Waals surface area contributed by atoms with Gasteiger partial charge < -0.3 is 4.74 Å². The summed E-state index contributed by atoms with van der Waals surface area (Å²) in [6, 6.07) is 0. The molecule has 1 nitrogen and oxygen atoms in total. The van der Waals surface area contributed by atoms with Crippen molar-refractivity contribution >= 4 is 0 Å². The third-order valence-corrected chi connectivity index (χ3v) is 2.03. The third kappa shape index (κ3) is 2.26. The van der Waals surface area contributed by atoms with Gasteiger partial charge in [-0.05, 0) is 37.8 Å². The lowest BCUT2D eigenvalue weighted by molar-refractivity contribution is 0.225. The van der Waals surface area contributed by atoms with Crippen molar-refractivity contribution in [3.63, 3.8) is 0 Å². The highest BCUT2D eigenvalue weighted by Crippen LogP contribution is 2.22. The number of rotatable bonds is 1. The molecule has 0 atom stereocenters.